The first-order valence-electron chi connectivity index (χ1n) is 6.48. The van der Waals surface area contributed by atoms with Crippen LogP contribution < -0.4 is 20.5 Å². The van der Waals surface area contributed by atoms with Gasteiger partial charge in [0, 0.05) is 5.69 Å². The number of hydrogen-bond donors (Lipinski definition) is 2. The Kier molecular flexibility index (Phi) is 4.83. The van der Waals surface area contributed by atoms with Crippen molar-refractivity contribution < 1.29 is 14.3 Å². The zero-order valence-electron chi connectivity index (χ0n) is 12.0. The van der Waals surface area contributed by atoms with Gasteiger partial charge in [-0.1, -0.05) is 0 Å². The van der Waals surface area contributed by atoms with E-state index in [1.54, 1.807) is 42.5 Å². The largest absolute Gasteiger partial charge is 0.495 e. The van der Waals surface area contributed by atoms with Gasteiger partial charge in [0.05, 0.1) is 24.4 Å². The maximum absolute atomic E-state index is 11.9. The smallest absolute Gasteiger partial charge is 0.262 e. The minimum Gasteiger partial charge on any atom is -0.495 e. The Morgan fingerprint density at radius 1 is 1.27 bits per heavy atom. The molecule has 0 aromatic heterocycles. The fraction of sp³-hybridized carbons (Fsp3) is 0.125. The van der Waals surface area contributed by atoms with Crippen molar-refractivity contribution in [2.75, 3.05) is 24.8 Å². The third kappa shape index (κ3) is 3.90. The lowest BCUT2D eigenvalue weighted by atomic mass is 10.2. The van der Waals surface area contributed by atoms with E-state index >= 15 is 0 Å². The molecule has 0 bridgehead atoms. The van der Waals surface area contributed by atoms with E-state index in [1.165, 1.54) is 7.11 Å². The number of rotatable bonds is 5. The summed E-state index contributed by atoms with van der Waals surface area (Å²) in [6.07, 6.45) is 0. The molecule has 0 spiro atoms. The summed E-state index contributed by atoms with van der Waals surface area (Å²) in [4.78, 5) is 11.9. The van der Waals surface area contributed by atoms with Gasteiger partial charge in [0.15, 0.2) is 6.61 Å². The summed E-state index contributed by atoms with van der Waals surface area (Å²) < 4.78 is 10.5. The number of methoxy groups -OCH3 is 1. The summed E-state index contributed by atoms with van der Waals surface area (Å²) >= 11 is 0. The van der Waals surface area contributed by atoms with Crippen LogP contribution in [-0.4, -0.2) is 19.6 Å². The molecule has 0 saturated carbocycles. The molecule has 0 atom stereocenters. The van der Waals surface area contributed by atoms with Crippen LogP contribution in [0.1, 0.15) is 5.56 Å². The number of anilines is 2. The number of nitrogens with zero attached hydrogens (tertiary/aromatic N) is 1. The fourth-order valence-electron chi connectivity index (χ4n) is 1.78. The molecule has 6 nitrogen and oxygen atoms in total. The van der Waals surface area contributed by atoms with Gasteiger partial charge in [-0.3, -0.25) is 4.79 Å². The molecule has 3 N–H and O–H groups in total. The van der Waals surface area contributed by atoms with Crippen molar-refractivity contribution in [3.63, 3.8) is 0 Å². The minimum atomic E-state index is -0.340. The highest BCUT2D eigenvalue weighted by Gasteiger charge is 2.09. The molecule has 0 aliphatic rings. The van der Waals surface area contributed by atoms with Gasteiger partial charge in [0.1, 0.15) is 11.5 Å². The van der Waals surface area contributed by atoms with Crippen molar-refractivity contribution in [1.29, 1.82) is 5.26 Å². The van der Waals surface area contributed by atoms with Crippen LogP contribution >= 0.6 is 0 Å². The highest BCUT2D eigenvalue weighted by atomic mass is 16.5. The monoisotopic (exact) mass is 297 g/mol. The maximum Gasteiger partial charge on any atom is 0.262 e. The number of nitrogens with one attached hydrogen (secondary N) is 1. The molecular weight excluding hydrogens is 282 g/mol. The highest BCUT2D eigenvalue weighted by Crippen LogP contribution is 2.26. The quantitative estimate of drug-likeness (QED) is 0.824. The molecule has 0 aliphatic carbocycles. The Labute approximate surface area is 128 Å². The first kappa shape index (κ1) is 15.2. The Balaban J connectivity index is 1.95. The van der Waals surface area contributed by atoms with Crippen LogP contribution in [0.4, 0.5) is 11.4 Å². The molecule has 2 rings (SSSR count). The Morgan fingerprint density at radius 2 is 2.00 bits per heavy atom. The molecule has 22 heavy (non-hydrogen) atoms. The van der Waals surface area contributed by atoms with Crippen molar-refractivity contribution >= 4 is 17.3 Å². The van der Waals surface area contributed by atoms with Gasteiger partial charge in [-0.2, -0.15) is 5.26 Å². The van der Waals surface area contributed by atoms with Crippen LogP contribution in [0.25, 0.3) is 0 Å². The zero-order valence-corrected chi connectivity index (χ0v) is 12.0. The standard InChI is InChI=1S/C16H15N3O3/c1-21-15-7-4-12(18)8-14(15)19-16(20)10-22-13-5-2-11(9-17)3-6-13/h2-8H,10,18H2,1H3,(H,19,20). The Hall–Kier alpha value is -3.20. The second kappa shape index (κ2) is 6.99. The van der Waals surface area contributed by atoms with E-state index in [-0.39, 0.29) is 12.5 Å². The number of carbonyl (C=O) groups excluding carboxylic acids is 1. The molecule has 0 heterocycles. The van der Waals surface area contributed by atoms with Crippen LogP contribution in [-0.2, 0) is 4.79 Å². The number of amides is 1. The number of carbonyl (C=O) groups is 1. The van der Waals surface area contributed by atoms with Crippen molar-refractivity contribution in [2.45, 2.75) is 0 Å². The molecule has 0 aliphatic heterocycles. The average molecular weight is 297 g/mol. The number of benzene rings is 2. The lowest BCUT2D eigenvalue weighted by Crippen LogP contribution is -2.20. The van der Waals surface area contributed by atoms with Gasteiger partial charge in [0.25, 0.3) is 5.91 Å². The van der Waals surface area contributed by atoms with E-state index in [1.807, 2.05) is 6.07 Å². The van der Waals surface area contributed by atoms with Gasteiger partial charge >= 0.3 is 0 Å². The van der Waals surface area contributed by atoms with Crippen LogP contribution in [0.2, 0.25) is 0 Å². The van der Waals surface area contributed by atoms with E-state index < -0.39 is 0 Å². The number of nitrogens with two attached hydrogens (primary N) is 1. The molecular formula is C16H15N3O3. The van der Waals surface area contributed by atoms with Crippen molar-refractivity contribution in [3.05, 3.63) is 48.0 Å². The molecule has 0 saturated heterocycles. The van der Waals surface area contributed by atoms with Gasteiger partial charge in [-0.15, -0.1) is 0 Å². The summed E-state index contributed by atoms with van der Waals surface area (Å²) in [5.41, 5.74) is 7.21. The van der Waals surface area contributed by atoms with Gasteiger partial charge in [-0.05, 0) is 42.5 Å². The molecule has 0 radical (unpaired) electrons. The predicted octanol–water partition coefficient (Wildman–Crippen LogP) is 2.17. The van der Waals surface area contributed by atoms with E-state index in [9.17, 15) is 4.79 Å². The maximum atomic E-state index is 11.9. The van der Waals surface area contributed by atoms with Crippen molar-refractivity contribution in [2.24, 2.45) is 0 Å². The number of nitriles is 1. The fourth-order valence-corrected chi connectivity index (χ4v) is 1.78. The van der Waals surface area contributed by atoms with E-state index in [0.29, 0.717) is 28.4 Å². The van der Waals surface area contributed by atoms with Crippen molar-refractivity contribution in [1.82, 2.24) is 0 Å². The number of hydrogen-bond acceptors (Lipinski definition) is 5. The lowest BCUT2D eigenvalue weighted by Gasteiger charge is -2.11. The molecule has 2 aromatic carbocycles. The summed E-state index contributed by atoms with van der Waals surface area (Å²) in [5.74, 6) is 0.683. The summed E-state index contributed by atoms with van der Waals surface area (Å²) in [6.45, 7) is -0.163. The molecule has 112 valence electrons. The molecule has 1 amide bonds. The Morgan fingerprint density at radius 3 is 2.64 bits per heavy atom. The molecule has 0 unspecified atom stereocenters. The third-order valence-corrected chi connectivity index (χ3v) is 2.85. The highest BCUT2D eigenvalue weighted by molar-refractivity contribution is 5.93. The van der Waals surface area contributed by atoms with Crippen molar-refractivity contribution in [3.8, 4) is 17.6 Å². The zero-order chi connectivity index (χ0) is 15.9. The second-order valence-corrected chi connectivity index (χ2v) is 4.43. The first-order chi connectivity index (χ1) is 10.6. The topological polar surface area (TPSA) is 97.4 Å². The second-order valence-electron chi connectivity index (χ2n) is 4.43. The average Bonchev–Trinajstić information content (AvgIpc) is 2.53. The van der Waals surface area contributed by atoms with Crippen LogP contribution in [0, 0.1) is 11.3 Å². The predicted molar refractivity (Wildman–Crippen MR) is 82.7 cm³/mol. The lowest BCUT2D eigenvalue weighted by molar-refractivity contribution is -0.118. The molecule has 2 aromatic rings. The van der Waals surface area contributed by atoms with Crippen LogP contribution in [0.5, 0.6) is 11.5 Å². The van der Waals surface area contributed by atoms with Gasteiger partial charge < -0.3 is 20.5 Å². The van der Waals surface area contributed by atoms with E-state index in [4.69, 9.17) is 20.5 Å². The summed E-state index contributed by atoms with van der Waals surface area (Å²) in [6, 6.07) is 13.5. The van der Waals surface area contributed by atoms with Crippen LogP contribution in [0.3, 0.4) is 0 Å². The van der Waals surface area contributed by atoms with Gasteiger partial charge in [0.2, 0.25) is 0 Å². The summed E-state index contributed by atoms with van der Waals surface area (Å²) in [5, 5.41) is 11.4. The minimum absolute atomic E-state index is 0.163. The number of nitrogen functional groups attached to an aromatic ring is 1. The van der Waals surface area contributed by atoms with E-state index in [2.05, 4.69) is 5.32 Å². The number of ether oxygens (including phenoxy) is 2. The Bertz CT molecular complexity index is 706. The van der Waals surface area contributed by atoms with Crippen LogP contribution in [0.15, 0.2) is 42.5 Å². The molecule has 0 fully saturated rings. The normalized spacial score (nSPS) is 9.64. The van der Waals surface area contributed by atoms with Gasteiger partial charge in [-0.25, -0.2) is 0 Å². The third-order valence-electron chi connectivity index (χ3n) is 2.85. The SMILES string of the molecule is COc1ccc(N)cc1NC(=O)COc1ccc(C#N)cc1. The molecule has 6 heteroatoms. The van der Waals surface area contributed by atoms with E-state index in [0.717, 1.165) is 0 Å². The first-order valence-corrected chi connectivity index (χ1v) is 6.48. The summed E-state index contributed by atoms with van der Waals surface area (Å²) in [7, 11) is 1.51.